The first-order valence-corrected chi connectivity index (χ1v) is 19.3. The van der Waals surface area contributed by atoms with E-state index in [0.717, 1.165) is 63.6 Å². The summed E-state index contributed by atoms with van der Waals surface area (Å²) in [6, 6.07) is 22.4. The smallest absolute Gasteiger partial charge is 0.244 e. The topological polar surface area (TPSA) is 219 Å². The summed E-state index contributed by atoms with van der Waals surface area (Å²) >= 11 is 17.3. The van der Waals surface area contributed by atoms with E-state index in [2.05, 4.69) is 40.1 Å². The highest BCUT2D eigenvalue weighted by molar-refractivity contribution is 6.32. The number of nitriles is 1. The van der Waals surface area contributed by atoms with Crippen LogP contribution >= 0.6 is 34.8 Å². The Morgan fingerprint density at radius 1 is 0.797 bits per heavy atom. The van der Waals surface area contributed by atoms with Crippen LogP contribution in [0.3, 0.4) is 0 Å². The fourth-order valence-electron chi connectivity index (χ4n) is 5.61. The van der Waals surface area contributed by atoms with Crippen molar-refractivity contribution < 1.29 is 15.8 Å². The number of carbonyl (C=O) groups excluding carboxylic acids is 2. The van der Waals surface area contributed by atoms with Crippen LogP contribution in [-0.4, -0.2) is 90.3 Å². The number of carbonyl (C=O) groups is 2. The molecule has 344 valence electrons. The van der Waals surface area contributed by atoms with Gasteiger partial charge in [0, 0.05) is 72.9 Å². The number of ether oxygens (including phenoxy) is 1. The minimum Gasteiger partial charge on any atom is -0.495 e. The van der Waals surface area contributed by atoms with E-state index >= 15 is 0 Å². The van der Waals surface area contributed by atoms with Crippen molar-refractivity contribution in [1.29, 1.82) is 16.3 Å². The van der Waals surface area contributed by atoms with Gasteiger partial charge < -0.3 is 14.5 Å². The third-order valence-corrected chi connectivity index (χ3v) is 9.64. The van der Waals surface area contributed by atoms with Gasteiger partial charge in [0.2, 0.25) is 5.91 Å². The number of fused-ring (bicyclic) bond motifs is 2. The Hall–Kier alpha value is -6.54. The highest BCUT2D eigenvalue weighted by Crippen LogP contribution is 2.30. The zero-order valence-corrected chi connectivity index (χ0v) is 35.7. The highest BCUT2D eigenvalue weighted by Gasteiger charge is 2.23. The first kappa shape index (κ1) is 57.5. The molecule has 0 unspecified atom stereocenters. The number of pyridine rings is 4. The van der Waals surface area contributed by atoms with Crippen molar-refractivity contribution in [3.05, 3.63) is 128 Å². The quantitative estimate of drug-likeness (QED) is 0.0837. The maximum absolute atomic E-state index is 12.8. The lowest BCUT2D eigenvalue weighted by atomic mass is 10.2. The highest BCUT2D eigenvalue weighted by atomic mass is 35.5. The molecule has 0 bridgehead atoms. The molecule has 1 fully saturated rings. The van der Waals surface area contributed by atoms with Gasteiger partial charge in [-0.1, -0.05) is 64.5 Å². The van der Waals surface area contributed by atoms with Gasteiger partial charge in [0.25, 0.3) is 0 Å². The van der Waals surface area contributed by atoms with E-state index in [1.165, 1.54) is 0 Å². The number of rotatable bonds is 5. The molecule has 19 heteroatoms. The molecule has 0 spiro atoms. The van der Waals surface area contributed by atoms with Gasteiger partial charge in [-0.15, -0.1) is 0 Å². The summed E-state index contributed by atoms with van der Waals surface area (Å²) in [7, 11) is 1.61. The van der Waals surface area contributed by atoms with E-state index in [1.807, 2.05) is 81.1 Å². The number of H-pyrrole nitrogens is 1. The Morgan fingerprint density at radius 2 is 1.38 bits per heavy atom. The van der Waals surface area contributed by atoms with Gasteiger partial charge in [0.05, 0.1) is 35.7 Å². The van der Waals surface area contributed by atoms with E-state index < -0.39 is 0 Å². The molecule has 1 saturated heterocycles. The molecule has 0 aliphatic carbocycles. The lowest BCUT2D eigenvalue weighted by molar-refractivity contribution is -0.132. The zero-order valence-electron chi connectivity index (χ0n) is 33.4. The molecule has 6 aromatic heterocycles. The van der Waals surface area contributed by atoms with Crippen LogP contribution in [0.4, 0.5) is 5.69 Å². The first-order valence-electron chi connectivity index (χ1n) is 18.2. The number of piperazine rings is 1. The van der Waals surface area contributed by atoms with E-state index in [0.29, 0.717) is 41.3 Å². The number of methoxy groups -OCH3 is 1. The molecule has 1 aromatic carbocycles. The molecule has 8 rings (SSSR count). The summed E-state index contributed by atoms with van der Waals surface area (Å²) in [5.41, 5.74) is 17.1. The number of aryl methyl sites for hydroxylation is 4. The minimum absolute atomic E-state index is 0. The predicted octanol–water partition coefficient (Wildman–Crippen LogP) is 11.2. The number of hydrogen-bond acceptors (Lipinski definition) is 13. The average Bonchev–Trinajstić information content (AvgIpc) is 3.89. The molecule has 0 radical (unpaired) electrons. The fraction of sp³-hybridized carbons (Fsp3) is 0.311. The molecule has 0 atom stereocenters. The maximum Gasteiger partial charge on any atom is 0.244 e. The zero-order chi connectivity index (χ0) is 43.8. The molecule has 16 nitrogen and oxygen atoms in total. The van der Waals surface area contributed by atoms with Gasteiger partial charge in [-0.2, -0.15) is 15.5 Å². The minimum atomic E-state index is 0. The number of benzene rings is 1. The number of aromatic amines is 1. The van der Waals surface area contributed by atoms with Crippen molar-refractivity contribution in [2.75, 3.05) is 38.2 Å². The molecule has 1 amide bonds. The number of halogens is 3. The second-order valence-electron chi connectivity index (χ2n) is 13.0. The van der Waals surface area contributed by atoms with Crippen LogP contribution in [0.25, 0.3) is 22.1 Å². The molecule has 3 N–H and O–H groups in total. The molecule has 64 heavy (non-hydrogen) atoms. The summed E-state index contributed by atoms with van der Waals surface area (Å²) in [4.78, 5) is 43.6. The Morgan fingerprint density at radius 3 is 1.97 bits per heavy atom. The van der Waals surface area contributed by atoms with Crippen LogP contribution < -0.4 is 9.64 Å². The second kappa shape index (κ2) is 28.2. The summed E-state index contributed by atoms with van der Waals surface area (Å²) < 4.78 is 6.98. The molecule has 7 heterocycles. The van der Waals surface area contributed by atoms with Crippen molar-refractivity contribution >= 4 is 74.8 Å². The van der Waals surface area contributed by atoms with Crippen LogP contribution in [0.1, 0.15) is 69.8 Å². The van der Waals surface area contributed by atoms with Crippen molar-refractivity contribution in [1.82, 2.24) is 44.8 Å². The van der Waals surface area contributed by atoms with Crippen molar-refractivity contribution in [3.8, 4) is 11.8 Å². The summed E-state index contributed by atoms with van der Waals surface area (Å²) in [5.74, 6) is 0.715. The number of aldehydes is 1. The SMILES string of the molecule is C.C.C.C.COc1cc(N2CCN(C(=O)Cn3ncc4ccc(C)nc43)CC2)ccc1Cl.Cc1ccc(C#N)c(Cl)n1.Cc1ccc(C=O)c(Cl)n1.Cc1ccc2cn[nH]c2n1.N=N.[HH]. The van der Waals surface area contributed by atoms with Gasteiger partial charge in [-0.3, -0.25) is 14.7 Å². The van der Waals surface area contributed by atoms with Crippen molar-refractivity contribution in [2.45, 2.75) is 63.9 Å². The van der Waals surface area contributed by atoms with E-state index in [1.54, 1.807) is 48.5 Å². The first-order chi connectivity index (χ1) is 28.9. The second-order valence-corrected chi connectivity index (χ2v) is 14.1. The number of aromatic nitrogens is 8. The van der Waals surface area contributed by atoms with Crippen LogP contribution in [0.15, 0.2) is 79.1 Å². The van der Waals surface area contributed by atoms with Crippen molar-refractivity contribution in [3.63, 3.8) is 0 Å². The number of nitrogens with zero attached hydrogens (tertiary/aromatic N) is 10. The molecule has 0 saturated carbocycles. The van der Waals surface area contributed by atoms with Gasteiger partial charge in [-0.25, -0.2) is 35.7 Å². The van der Waals surface area contributed by atoms with Crippen LogP contribution in [0.2, 0.25) is 15.3 Å². The Labute approximate surface area is 392 Å². The summed E-state index contributed by atoms with van der Waals surface area (Å²) in [6.07, 6.45) is 4.21. The maximum atomic E-state index is 12.8. The number of anilines is 1. The normalized spacial score (nSPS) is 10.9. The van der Waals surface area contributed by atoms with Gasteiger partial charge in [-0.05, 0) is 88.4 Å². The number of hydrogen-bond donors (Lipinski definition) is 3. The number of nitrogens with one attached hydrogen (secondary N) is 3. The Bertz CT molecular complexity index is 2590. The Kier molecular flexibility index (Phi) is 25.3. The fourth-order valence-corrected chi connectivity index (χ4v) is 6.28. The summed E-state index contributed by atoms with van der Waals surface area (Å²) in [5, 5.41) is 22.6. The average molecular weight is 937 g/mol. The summed E-state index contributed by atoms with van der Waals surface area (Å²) in [6.45, 7) is 10.6. The largest absolute Gasteiger partial charge is 0.495 e. The molecule has 1 aliphatic heterocycles. The Balaban J connectivity index is 0. The predicted molar refractivity (Wildman–Crippen MR) is 260 cm³/mol. The lowest BCUT2D eigenvalue weighted by Crippen LogP contribution is -2.49. The van der Waals surface area contributed by atoms with Crippen molar-refractivity contribution in [2.24, 2.45) is 0 Å². The molecule has 1 aliphatic rings. The standard InChI is InChI=1S/C20H22ClN5O2.C7H5ClN2.C7H6ClNO.C7H7N3.4CH4.H2N2.H2/c1-14-3-4-15-12-22-26(20(15)23-14)13-19(27)25-9-7-24(8-10-25)16-5-6-17(21)18(11-16)28-2;1-5-2-3-6(4-9)7(8)10-5;1-5-2-3-6(4-10)7(8)9-5;1-5-2-3-6-4-8-10-7(6)9-5;;;;;1-2;/h3-6,11-12H,7-10,13H2,1-2H3;2-3H,1H3;2-4H,1H3;2-4H,1H3,(H,8,9,10);4*1H4;1-2H;1H. The van der Waals surface area contributed by atoms with E-state index in [9.17, 15) is 9.59 Å². The van der Waals surface area contributed by atoms with Crippen LogP contribution in [0.5, 0.6) is 5.75 Å². The molecular weight excluding hydrogens is 877 g/mol. The van der Waals surface area contributed by atoms with Gasteiger partial charge in [0.1, 0.15) is 28.7 Å². The molecule has 7 aromatic rings. The van der Waals surface area contributed by atoms with Crippen LogP contribution in [-0.2, 0) is 11.3 Å². The van der Waals surface area contributed by atoms with Gasteiger partial charge in [0.15, 0.2) is 17.6 Å². The molecular formula is C45H60Cl3N13O3. The lowest BCUT2D eigenvalue weighted by Gasteiger charge is -2.36. The monoisotopic (exact) mass is 935 g/mol. The van der Waals surface area contributed by atoms with E-state index in [-0.39, 0.29) is 53.9 Å². The third-order valence-electron chi connectivity index (χ3n) is 8.73. The van der Waals surface area contributed by atoms with Gasteiger partial charge >= 0.3 is 0 Å². The number of amides is 1. The van der Waals surface area contributed by atoms with E-state index in [4.69, 9.17) is 55.9 Å². The third kappa shape index (κ3) is 16.0. The van der Waals surface area contributed by atoms with Crippen LogP contribution in [0, 0.1) is 50.1 Å².